The lowest BCUT2D eigenvalue weighted by Crippen LogP contribution is -2.32. The quantitative estimate of drug-likeness (QED) is 0.466. The lowest BCUT2D eigenvalue weighted by molar-refractivity contribution is 0.223. The van der Waals surface area contributed by atoms with Crippen molar-refractivity contribution in [3.8, 4) is 17.2 Å². The van der Waals surface area contributed by atoms with Gasteiger partial charge in [-0.1, -0.05) is 30.3 Å². The number of hydrogen-bond donors (Lipinski definition) is 1. The summed E-state index contributed by atoms with van der Waals surface area (Å²) in [6.45, 7) is 0. The summed E-state index contributed by atoms with van der Waals surface area (Å²) in [5, 5.41) is 7.98. The number of benzene rings is 3. The van der Waals surface area contributed by atoms with Gasteiger partial charge in [-0.05, 0) is 47.5 Å². The summed E-state index contributed by atoms with van der Waals surface area (Å²) in [5.74, 6) is 2.30. The normalized spacial score (nSPS) is 18.2. The molecule has 1 aromatic heterocycles. The van der Waals surface area contributed by atoms with Gasteiger partial charge in [0.25, 0.3) is 0 Å². The van der Waals surface area contributed by atoms with E-state index in [1.807, 2.05) is 47.1 Å². The average molecular weight is 456 g/mol. The highest BCUT2D eigenvalue weighted by Crippen LogP contribution is 2.51. The van der Waals surface area contributed by atoms with Gasteiger partial charge in [-0.2, -0.15) is 10.1 Å². The van der Waals surface area contributed by atoms with Crippen molar-refractivity contribution in [2.75, 3.05) is 19.5 Å². The highest BCUT2D eigenvalue weighted by atomic mass is 19.1. The van der Waals surface area contributed by atoms with Crippen molar-refractivity contribution < 1.29 is 18.6 Å². The zero-order valence-corrected chi connectivity index (χ0v) is 18.5. The maximum atomic E-state index is 13.8. The Morgan fingerprint density at radius 3 is 2.50 bits per heavy atom. The van der Waals surface area contributed by atoms with E-state index in [9.17, 15) is 4.39 Å². The molecule has 4 aromatic rings. The van der Waals surface area contributed by atoms with E-state index >= 15 is 0 Å². The van der Waals surface area contributed by atoms with Crippen molar-refractivity contribution in [3.63, 3.8) is 0 Å². The molecule has 6 rings (SSSR count). The molecule has 2 aliphatic rings. The minimum absolute atomic E-state index is 0.300. The van der Waals surface area contributed by atoms with Crippen LogP contribution in [0, 0.1) is 5.82 Å². The summed E-state index contributed by atoms with van der Waals surface area (Å²) < 4.78 is 33.1. The zero-order chi connectivity index (χ0) is 23.2. The summed E-state index contributed by atoms with van der Waals surface area (Å²) in [7, 11) is 3.21. The number of ether oxygens (including phenoxy) is 3. The molecule has 0 saturated heterocycles. The second-order valence-electron chi connectivity index (χ2n) is 8.05. The maximum absolute atomic E-state index is 13.8. The fraction of sp³-hybridized carbons (Fsp3) is 0.154. The topological polar surface area (TPSA) is 70.4 Å². The first-order valence-corrected chi connectivity index (χ1v) is 10.8. The summed E-state index contributed by atoms with van der Waals surface area (Å²) in [4.78, 5) is 4.44. The van der Waals surface area contributed by atoms with Gasteiger partial charge in [0.15, 0.2) is 11.5 Å². The number of methoxy groups -OCH3 is 2. The largest absolute Gasteiger partial charge is 0.493 e. The molecule has 0 fully saturated rings. The number of aromatic nitrogens is 3. The molecule has 0 aliphatic carbocycles. The van der Waals surface area contributed by atoms with E-state index in [1.165, 1.54) is 18.5 Å². The van der Waals surface area contributed by atoms with Crippen molar-refractivity contribution in [2.45, 2.75) is 12.1 Å². The van der Waals surface area contributed by atoms with Crippen LogP contribution in [0.4, 0.5) is 10.3 Å². The minimum atomic E-state index is -0.478. The predicted octanol–water partition coefficient (Wildman–Crippen LogP) is 4.99. The van der Waals surface area contributed by atoms with E-state index < -0.39 is 6.10 Å². The van der Waals surface area contributed by atoms with E-state index in [0.717, 1.165) is 33.7 Å². The molecule has 8 heteroatoms. The van der Waals surface area contributed by atoms with Gasteiger partial charge >= 0.3 is 0 Å². The van der Waals surface area contributed by atoms with Gasteiger partial charge in [0.05, 0.1) is 19.9 Å². The van der Waals surface area contributed by atoms with Gasteiger partial charge in [0.1, 0.15) is 30.0 Å². The Morgan fingerprint density at radius 2 is 1.71 bits per heavy atom. The molecule has 1 N–H and O–H groups in total. The summed E-state index contributed by atoms with van der Waals surface area (Å²) in [6, 6.07) is 19.7. The average Bonchev–Trinajstić information content (AvgIpc) is 3.35. The highest BCUT2D eigenvalue weighted by Gasteiger charge is 2.41. The smallest absolute Gasteiger partial charge is 0.226 e. The Hall–Kier alpha value is -4.33. The second-order valence-corrected chi connectivity index (χ2v) is 8.05. The predicted molar refractivity (Wildman–Crippen MR) is 124 cm³/mol. The van der Waals surface area contributed by atoms with Crippen molar-refractivity contribution >= 4 is 11.6 Å². The van der Waals surface area contributed by atoms with E-state index in [-0.39, 0.29) is 11.9 Å². The molecule has 0 radical (unpaired) electrons. The standard InChI is InChI=1S/C26H21FN4O3/c1-32-20-12-9-16(13-21(20)33-2)24-22-23(30-26-28-14-29-31(24)26)18-5-3-4-6-19(18)34-25(22)15-7-10-17(27)11-8-15/h3-14,24-25H,1-2H3,(H,28,29,30)/t24-,25-/m1/s1. The lowest BCUT2D eigenvalue weighted by Gasteiger charge is -2.39. The molecule has 7 nitrogen and oxygen atoms in total. The molecule has 0 saturated carbocycles. The highest BCUT2D eigenvalue weighted by molar-refractivity contribution is 5.85. The van der Waals surface area contributed by atoms with Crippen LogP contribution in [0.25, 0.3) is 5.70 Å². The van der Waals surface area contributed by atoms with Gasteiger partial charge in [-0.3, -0.25) is 0 Å². The summed E-state index contributed by atoms with van der Waals surface area (Å²) in [5.41, 5.74) is 4.52. The Kier molecular flexibility index (Phi) is 4.72. The number of nitrogens with zero attached hydrogens (tertiary/aromatic N) is 3. The van der Waals surface area contributed by atoms with Crippen molar-refractivity contribution in [1.82, 2.24) is 14.8 Å². The Labute approximate surface area is 195 Å². The van der Waals surface area contributed by atoms with E-state index in [0.29, 0.717) is 17.4 Å². The third kappa shape index (κ3) is 3.10. The minimum Gasteiger partial charge on any atom is -0.493 e. The maximum Gasteiger partial charge on any atom is 0.226 e. The molecule has 3 heterocycles. The molecule has 0 amide bonds. The first-order valence-electron chi connectivity index (χ1n) is 10.8. The first-order chi connectivity index (χ1) is 16.7. The van der Waals surface area contributed by atoms with E-state index in [2.05, 4.69) is 15.4 Å². The number of rotatable bonds is 4. The zero-order valence-electron chi connectivity index (χ0n) is 18.5. The Balaban J connectivity index is 1.61. The summed E-state index contributed by atoms with van der Waals surface area (Å²) >= 11 is 0. The molecule has 2 atom stereocenters. The number of halogens is 1. The van der Waals surface area contributed by atoms with Crippen LogP contribution in [0.2, 0.25) is 0 Å². The van der Waals surface area contributed by atoms with Crippen LogP contribution in [0.3, 0.4) is 0 Å². The van der Waals surface area contributed by atoms with Crippen molar-refractivity contribution in [2.24, 2.45) is 0 Å². The van der Waals surface area contributed by atoms with Gasteiger partial charge in [-0.25, -0.2) is 9.07 Å². The van der Waals surface area contributed by atoms with Gasteiger partial charge < -0.3 is 19.5 Å². The molecule has 0 unspecified atom stereocenters. The van der Waals surface area contributed by atoms with Crippen LogP contribution in [-0.4, -0.2) is 29.0 Å². The fourth-order valence-electron chi connectivity index (χ4n) is 4.67. The van der Waals surface area contributed by atoms with Gasteiger partial charge in [-0.15, -0.1) is 0 Å². The Bertz CT molecular complexity index is 1410. The molecular weight excluding hydrogens is 435 g/mol. The Morgan fingerprint density at radius 1 is 0.941 bits per heavy atom. The molecule has 0 spiro atoms. The summed E-state index contributed by atoms with van der Waals surface area (Å²) in [6.07, 6.45) is 1.04. The fourth-order valence-corrected chi connectivity index (χ4v) is 4.67. The lowest BCUT2D eigenvalue weighted by atomic mass is 9.84. The number of fused-ring (bicyclic) bond motifs is 3. The van der Waals surface area contributed by atoms with E-state index in [1.54, 1.807) is 26.4 Å². The van der Waals surface area contributed by atoms with Crippen LogP contribution in [0.1, 0.15) is 28.8 Å². The second kappa shape index (κ2) is 7.91. The molecule has 0 bridgehead atoms. The van der Waals surface area contributed by atoms with Crippen molar-refractivity contribution in [3.05, 3.63) is 101 Å². The third-order valence-corrected chi connectivity index (χ3v) is 6.22. The monoisotopic (exact) mass is 456 g/mol. The van der Waals surface area contributed by atoms with Crippen LogP contribution in [-0.2, 0) is 0 Å². The number of hydrogen-bond acceptors (Lipinski definition) is 6. The molecule has 170 valence electrons. The number of anilines is 1. The van der Waals surface area contributed by atoms with Gasteiger partial charge in [0.2, 0.25) is 5.95 Å². The third-order valence-electron chi connectivity index (χ3n) is 6.22. The molecular formula is C26H21FN4O3. The molecule has 34 heavy (non-hydrogen) atoms. The first kappa shape index (κ1) is 20.3. The van der Waals surface area contributed by atoms with Crippen LogP contribution in [0.5, 0.6) is 17.2 Å². The van der Waals surface area contributed by atoms with Gasteiger partial charge in [0, 0.05) is 11.1 Å². The number of nitrogens with one attached hydrogen (secondary N) is 1. The van der Waals surface area contributed by atoms with Crippen molar-refractivity contribution in [1.29, 1.82) is 0 Å². The number of para-hydroxylation sites is 1. The van der Waals surface area contributed by atoms with Crippen LogP contribution in [0.15, 0.2) is 78.6 Å². The van der Waals surface area contributed by atoms with Crippen LogP contribution < -0.4 is 19.5 Å². The van der Waals surface area contributed by atoms with Crippen LogP contribution >= 0.6 is 0 Å². The molecule has 2 aliphatic heterocycles. The van der Waals surface area contributed by atoms with E-state index in [4.69, 9.17) is 14.2 Å². The molecule has 3 aromatic carbocycles. The SMILES string of the molecule is COc1ccc([C@@H]2C3=C(Nc4ncnn42)c2ccccc2O[C@@H]3c2ccc(F)cc2)cc1OC.